The zero-order chi connectivity index (χ0) is 20.9. The van der Waals surface area contributed by atoms with E-state index in [9.17, 15) is 4.79 Å². The molecule has 0 saturated heterocycles. The summed E-state index contributed by atoms with van der Waals surface area (Å²) in [6, 6.07) is 4.12. The molecular formula is C24H31N3O3. The van der Waals surface area contributed by atoms with E-state index < -0.39 is 0 Å². The van der Waals surface area contributed by atoms with Crippen molar-refractivity contribution in [1.82, 2.24) is 9.78 Å². The number of benzene rings is 1. The molecular weight excluding hydrogens is 378 g/mol. The van der Waals surface area contributed by atoms with Crippen LogP contribution in [0.4, 0.5) is 5.69 Å². The summed E-state index contributed by atoms with van der Waals surface area (Å²) in [5.74, 6) is 0.545. The molecule has 5 rings (SSSR count). The monoisotopic (exact) mass is 409 g/mol. The van der Waals surface area contributed by atoms with Crippen molar-refractivity contribution in [1.29, 1.82) is 0 Å². The van der Waals surface area contributed by atoms with Gasteiger partial charge >= 0.3 is 0 Å². The van der Waals surface area contributed by atoms with Gasteiger partial charge in [-0.2, -0.15) is 5.10 Å². The first-order valence-corrected chi connectivity index (χ1v) is 11.3. The normalized spacial score (nSPS) is 21.0. The maximum absolute atomic E-state index is 13.2. The molecule has 1 aliphatic heterocycles. The molecule has 0 spiro atoms. The number of rotatable bonds is 5. The Kier molecular flexibility index (Phi) is 4.85. The van der Waals surface area contributed by atoms with Crippen molar-refractivity contribution >= 4 is 11.6 Å². The fourth-order valence-corrected chi connectivity index (χ4v) is 5.32. The standard InChI is InChI=1S/C24H31N3O3/c1-4-24(5-2)13-27-21(30-14-24)12-20(26-27)23(28)25-22-18-8-6-7-15(18)9-16-10-17(29-3)11-19(16)22/h9,12,17H,4-8,10-11,13-14H2,1-3H3,(H,25,28)/t17-/m1/s1. The quantitative estimate of drug-likeness (QED) is 0.812. The lowest BCUT2D eigenvalue weighted by molar-refractivity contribution is 0.0614. The van der Waals surface area contributed by atoms with Gasteiger partial charge in [0.25, 0.3) is 5.91 Å². The molecule has 0 saturated carbocycles. The Bertz CT molecular complexity index is 990. The molecule has 0 bridgehead atoms. The van der Waals surface area contributed by atoms with E-state index in [1.807, 2.05) is 4.68 Å². The number of aromatic nitrogens is 2. The van der Waals surface area contributed by atoms with Crippen molar-refractivity contribution in [2.24, 2.45) is 5.41 Å². The summed E-state index contributed by atoms with van der Waals surface area (Å²) in [7, 11) is 1.77. The Labute approximate surface area is 177 Å². The van der Waals surface area contributed by atoms with Crippen LogP contribution in [0.25, 0.3) is 0 Å². The number of ether oxygens (including phenoxy) is 2. The van der Waals surface area contributed by atoms with Gasteiger partial charge < -0.3 is 14.8 Å². The van der Waals surface area contributed by atoms with E-state index >= 15 is 0 Å². The highest BCUT2D eigenvalue weighted by Gasteiger charge is 2.35. The number of carbonyl (C=O) groups is 1. The second kappa shape index (κ2) is 7.41. The van der Waals surface area contributed by atoms with E-state index in [0.29, 0.717) is 18.2 Å². The molecule has 1 atom stereocenters. The van der Waals surface area contributed by atoms with Gasteiger partial charge in [-0.3, -0.25) is 4.79 Å². The van der Waals surface area contributed by atoms with Gasteiger partial charge in [0.05, 0.1) is 19.3 Å². The third kappa shape index (κ3) is 3.13. The minimum atomic E-state index is -0.150. The number of amides is 1. The van der Waals surface area contributed by atoms with Crippen LogP contribution in [0.2, 0.25) is 0 Å². The number of fused-ring (bicyclic) bond motifs is 3. The number of hydrogen-bond donors (Lipinski definition) is 1. The molecule has 3 aliphatic rings. The molecule has 1 aromatic carbocycles. The third-order valence-electron chi connectivity index (χ3n) is 7.54. The molecule has 0 radical (unpaired) electrons. The van der Waals surface area contributed by atoms with Crippen molar-refractivity contribution in [2.45, 2.75) is 71.4 Å². The van der Waals surface area contributed by atoms with Gasteiger partial charge in [-0.05, 0) is 60.8 Å². The number of nitrogens with zero attached hydrogens (tertiary/aromatic N) is 2. The molecule has 1 amide bonds. The van der Waals surface area contributed by atoms with Gasteiger partial charge in [0.2, 0.25) is 5.88 Å². The van der Waals surface area contributed by atoms with Crippen LogP contribution in [-0.4, -0.2) is 35.5 Å². The van der Waals surface area contributed by atoms with E-state index in [4.69, 9.17) is 9.47 Å². The summed E-state index contributed by atoms with van der Waals surface area (Å²) in [5.41, 5.74) is 6.78. The maximum atomic E-state index is 13.2. The lowest BCUT2D eigenvalue weighted by atomic mass is 9.82. The second-order valence-electron chi connectivity index (χ2n) is 9.12. The van der Waals surface area contributed by atoms with Crippen LogP contribution in [-0.2, 0) is 37.0 Å². The Morgan fingerprint density at radius 3 is 2.83 bits per heavy atom. The summed E-state index contributed by atoms with van der Waals surface area (Å²) >= 11 is 0. The predicted octanol–water partition coefficient (Wildman–Crippen LogP) is 3.94. The molecule has 0 fully saturated rings. The maximum Gasteiger partial charge on any atom is 0.276 e. The zero-order valence-electron chi connectivity index (χ0n) is 18.2. The molecule has 2 heterocycles. The molecule has 160 valence electrons. The van der Waals surface area contributed by atoms with E-state index in [2.05, 4.69) is 30.3 Å². The molecule has 1 aromatic heterocycles. The van der Waals surface area contributed by atoms with E-state index in [0.717, 1.165) is 57.2 Å². The van der Waals surface area contributed by atoms with Crippen molar-refractivity contribution in [3.05, 3.63) is 40.1 Å². The van der Waals surface area contributed by atoms with Crippen LogP contribution in [0, 0.1) is 5.41 Å². The SMILES string of the molecule is CCC1(CC)COc2cc(C(=O)Nc3c4c(cc5c3C[C@H](OC)C5)CCC4)nn2C1. The number of anilines is 1. The van der Waals surface area contributed by atoms with Gasteiger partial charge in [0.1, 0.15) is 0 Å². The van der Waals surface area contributed by atoms with Crippen LogP contribution in [0.1, 0.15) is 65.9 Å². The molecule has 2 aromatic rings. The van der Waals surface area contributed by atoms with Gasteiger partial charge in [0, 0.05) is 30.7 Å². The predicted molar refractivity (Wildman–Crippen MR) is 115 cm³/mol. The van der Waals surface area contributed by atoms with E-state index in [-0.39, 0.29) is 17.4 Å². The Hall–Kier alpha value is -2.34. The molecule has 0 unspecified atom stereocenters. The Balaban J connectivity index is 1.43. The first-order chi connectivity index (χ1) is 14.6. The highest BCUT2D eigenvalue weighted by molar-refractivity contribution is 6.04. The van der Waals surface area contributed by atoms with Crippen molar-refractivity contribution in [3.8, 4) is 5.88 Å². The highest BCUT2D eigenvalue weighted by Crippen LogP contribution is 2.40. The molecule has 30 heavy (non-hydrogen) atoms. The summed E-state index contributed by atoms with van der Waals surface area (Å²) in [4.78, 5) is 13.2. The smallest absolute Gasteiger partial charge is 0.276 e. The van der Waals surface area contributed by atoms with Crippen molar-refractivity contribution < 1.29 is 14.3 Å². The van der Waals surface area contributed by atoms with Crippen LogP contribution in [0.5, 0.6) is 5.88 Å². The van der Waals surface area contributed by atoms with E-state index in [1.54, 1.807) is 13.2 Å². The topological polar surface area (TPSA) is 65.4 Å². The molecule has 6 heteroatoms. The Morgan fingerprint density at radius 1 is 1.23 bits per heavy atom. The lowest BCUT2D eigenvalue weighted by Crippen LogP contribution is -2.37. The van der Waals surface area contributed by atoms with Gasteiger partial charge in [-0.15, -0.1) is 0 Å². The Morgan fingerprint density at radius 2 is 2.07 bits per heavy atom. The number of aryl methyl sites for hydroxylation is 1. The third-order valence-corrected chi connectivity index (χ3v) is 7.54. The van der Waals surface area contributed by atoms with Crippen LogP contribution < -0.4 is 10.1 Å². The van der Waals surface area contributed by atoms with Crippen LogP contribution >= 0.6 is 0 Å². The molecule has 6 nitrogen and oxygen atoms in total. The second-order valence-corrected chi connectivity index (χ2v) is 9.12. The highest BCUT2D eigenvalue weighted by atomic mass is 16.5. The minimum absolute atomic E-state index is 0.100. The van der Waals surface area contributed by atoms with Crippen LogP contribution in [0.15, 0.2) is 12.1 Å². The van der Waals surface area contributed by atoms with Gasteiger partial charge in [0.15, 0.2) is 5.69 Å². The fraction of sp³-hybridized carbons (Fsp3) is 0.583. The first-order valence-electron chi connectivity index (χ1n) is 11.3. The molecule has 1 N–H and O–H groups in total. The molecule has 2 aliphatic carbocycles. The van der Waals surface area contributed by atoms with Crippen LogP contribution in [0.3, 0.4) is 0 Å². The number of nitrogens with one attached hydrogen (secondary N) is 1. The summed E-state index contributed by atoms with van der Waals surface area (Å²) in [6.07, 6.45) is 7.30. The summed E-state index contributed by atoms with van der Waals surface area (Å²) < 4.78 is 13.5. The lowest BCUT2D eigenvalue weighted by Gasteiger charge is -2.35. The first kappa shape index (κ1) is 19.6. The number of carbonyl (C=O) groups excluding carboxylic acids is 1. The van der Waals surface area contributed by atoms with Gasteiger partial charge in [-0.1, -0.05) is 19.9 Å². The largest absolute Gasteiger partial charge is 0.477 e. The average Bonchev–Trinajstić information content (AvgIpc) is 3.50. The summed E-state index contributed by atoms with van der Waals surface area (Å²) in [6.45, 7) is 5.87. The van der Waals surface area contributed by atoms with Crippen molar-refractivity contribution in [3.63, 3.8) is 0 Å². The zero-order valence-corrected chi connectivity index (χ0v) is 18.2. The number of hydrogen-bond acceptors (Lipinski definition) is 4. The van der Waals surface area contributed by atoms with Crippen molar-refractivity contribution in [2.75, 3.05) is 19.0 Å². The minimum Gasteiger partial charge on any atom is -0.477 e. The number of methoxy groups -OCH3 is 1. The summed E-state index contributed by atoms with van der Waals surface area (Å²) in [5, 5.41) is 7.85. The fourth-order valence-electron chi connectivity index (χ4n) is 5.32. The van der Waals surface area contributed by atoms with E-state index in [1.165, 1.54) is 22.3 Å². The van der Waals surface area contributed by atoms with Gasteiger partial charge in [-0.25, -0.2) is 4.68 Å². The average molecular weight is 410 g/mol.